The van der Waals surface area contributed by atoms with E-state index in [9.17, 15) is 4.79 Å². The molecule has 4 rings (SSSR count). The fraction of sp³-hybridized carbons (Fsp3) is 0.211. The number of aromatic amines is 1. The van der Waals surface area contributed by atoms with Crippen LogP contribution in [0.5, 0.6) is 0 Å². The summed E-state index contributed by atoms with van der Waals surface area (Å²) in [6, 6.07) is 14.0. The third-order valence-corrected chi connectivity index (χ3v) is 5.96. The van der Waals surface area contributed by atoms with Crippen LogP contribution in [0.3, 0.4) is 0 Å². The van der Waals surface area contributed by atoms with Gasteiger partial charge in [-0.1, -0.05) is 42.1 Å². The van der Waals surface area contributed by atoms with E-state index >= 15 is 0 Å². The van der Waals surface area contributed by atoms with Crippen LogP contribution in [0.1, 0.15) is 17.0 Å². The lowest BCUT2D eigenvalue weighted by atomic mass is 10.1. The molecule has 1 aromatic carbocycles. The second kappa shape index (κ2) is 7.98. The fourth-order valence-electron chi connectivity index (χ4n) is 2.67. The Kier molecular flexibility index (Phi) is 5.26. The number of aromatic nitrogens is 4. The normalized spacial score (nSPS) is 11.1. The minimum Gasteiger partial charge on any atom is -0.459 e. The molecule has 3 aromatic heterocycles. The van der Waals surface area contributed by atoms with E-state index in [-0.39, 0.29) is 5.69 Å². The number of hydrogen-bond donors (Lipinski definition) is 1. The molecule has 27 heavy (non-hydrogen) atoms. The zero-order valence-electron chi connectivity index (χ0n) is 14.7. The molecule has 0 unspecified atom stereocenters. The number of thioether (sulfide) groups is 1. The predicted molar refractivity (Wildman–Crippen MR) is 107 cm³/mol. The Morgan fingerprint density at radius 1 is 1.22 bits per heavy atom. The van der Waals surface area contributed by atoms with Crippen molar-refractivity contribution in [1.82, 2.24) is 19.7 Å². The van der Waals surface area contributed by atoms with Crippen LogP contribution in [0.4, 0.5) is 0 Å². The summed E-state index contributed by atoms with van der Waals surface area (Å²) in [5.74, 6) is 2.30. The van der Waals surface area contributed by atoms with Crippen LogP contribution >= 0.6 is 23.1 Å². The third kappa shape index (κ3) is 4.23. The Morgan fingerprint density at radius 2 is 2.07 bits per heavy atom. The van der Waals surface area contributed by atoms with Gasteiger partial charge in [-0.25, -0.2) is 14.9 Å². The van der Waals surface area contributed by atoms with Crippen molar-refractivity contribution in [3.05, 3.63) is 75.3 Å². The lowest BCUT2D eigenvalue weighted by molar-refractivity contribution is 0.548. The largest absolute Gasteiger partial charge is 0.459 e. The first-order valence-corrected chi connectivity index (χ1v) is 10.4. The third-order valence-electron chi connectivity index (χ3n) is 4.04. The Hall–Kier alpha value is -2.58. The van der Waals surface area contributed by atoms with Crippen molar-refractivity contribution >= 4 is 23.1 Å². The first-order chi connectivity index (χ1) is 13.2. The molecular weight excluding hydrogens is 380 g/mol. The first-order valence-electron chi connectivity index (χ1n) is 8.52. The molecule has 0 spiro atoms. The number of rotatable bonds is 7. The van der Waals surface area contributed by atoms with Crippen LogP contribution in [0.2, 0.25) is 0 Å². The SMILES string of the molecule is Cc1ccc(-c2nc(CSc3n[nH]c(=O)n3CCc3ccccc3)cs2)o1. The van der Waals surface area contributed by atoms with E-state index in [0.29, 0.717) is 17.5 Å². The van der Waals surface area contributed by atoms with E-state index in [4.69, 9.17) is 4.42 Å². The number of nitrogens with one attached hydrogen (secondary N) is 1. The van der Waals surface area contributed by atoms with Crippen molar-refractivity contribution in [2.24, 2.45) is 0 Å². The summed E-state index contributed by atoms with van der Waals surface area (Å²) in [5.41, 5.74) is 1.96. The van der Waals surface area contributed by atoms with E-state index in [2.05, 4.69) is 27.3 Å². The van der Waals surface area contributed by atoms with Crippen LogP contribution in [0, 0.1) is 6.92 Å². The van der Waals surface area contributed by atoms with Crippen molar-refractivity contribution in [3.8, 4) is 10.8 Å². The Morgan fingerprint density at radius 3 is 2.85 bits per heavy atom. The van der Waals surface area contributed by atoms with Gasteiger partial charge in [0, 0.05) is 17.7 Å². The topological polar surface area (TPSA) is 76.7 Å². The highest BCUT2D eigenvalue weighted by atomic mass is 32.2. The summed E-state index contributed by atoms with van der Waals surface area (Å²) in [4.78, 5) is 16.7. The van der Waals surface area contributed by atoms with Crippen molar-refractivity contribution in [1.29, 1.82) is 0 Å². The lowest BCUT2D eigenvalue weighted by Gasteiger charge is -2.05. The van der Waals surface area contributed by atoms with Crippen molar-refractivity contribution < 1.29 is 4.42 Å². The van der Waals surface area contributed by atoms with Crippen LogP contribution in [-0.2, 0) is 18.7 Å². The van der Waals surface area contributed by atoms with Gasteiger partial charge in [0.25, 0.3) is 0 Å². The molecule has 3 heterocycles. The number of thiazole rings is 1. The molecule has 8 heteroatoms. The first kappa shape index (κ1) is 17.8. The minimum absolute atomic E-state index is 0.182. The maximum atomic E-state index is 12.1. The number of hydrogen-bond acceptors (Lipinski definition) is 6. The summed E-state index contributed by atoms with van der Waals surface area (Å²) in [5, 5.41) is 10.3. The van der Waals surface area contributed by atoms with Gasteiger partial charge >= 0.3 is 5.69 Å². The number of benzene rings is 1. The average Bonchev–Trinajstić information content (AvgIpc) is 3.40. The van der Waals surface area contributed by atoms with E-state index in [1.807, 2.05) is 42.6 Å². The van der Waals surface area contributed by atoms with Gasteiger partial charge in [0.05, 0.1) is 5.69 Å². The molecule has 138 valence electrons. The van der Waals surface area contributed by atoms with Crippen molar-refractivity contribution in [2.45, 2.75) is 30.8 Å². The molecule has 0 bridgehead atoms. The van der Waals surface area contributed by atoms with Gasteiger partial charge in [-0.15, -0.1) is 16.4 Å². The van der Waals surface area contributed by atoms with Gasteiger partial charge in [0.1, 0.15) is 5.76 Å². The summed E-state index contributed by atoms with van der Waals surface area (Å²) in [7, 11) is 0. The maximum Gasteiger partial charge on any atom is 0.343 e. The highest BCUT2D eigenvalue weighted by Gasteiger charge is 2.12. The highest BCUT2D eigenvalue weighted by molar-refractivity contribution is 7.98. The number of nitrogens with zero attached hydrogens (tertiary/aromatic N) is 3. The second-order valence-corrected chi connectivity index (χ2v) is 7.84. The predicted octanol–water partition coefficient (Wildman–Crippen LogP) is 4.13. The quantitative estimate of drug-likeness (QED) is 0.474. The molecular formula is C19H18N4O2S2. The van der Waals surface area contributed by atoms with Gasteiger partial charge in [-0.2, -0.15) is 0 Å². The van der Waals surface area contributed by atoms with E-state index in [1.165, 1.54) is 17.3 Å². The van der Waals surface area contributed by atoms with Gasteiger partial charge < -0.3 is 4.42 Å². The number of furan rings is 1. The van der Waals surface area contributed by atoms with Gasteiger partial charge in [-0.3, -0.25) is 4.57 Å². The zero-order chi connectivity index (χ0) is 18.6. The van der Waals surface area contributed by atoms with Crippen LogP contribution < -0.4 is 5.69 Å². The smallest absolute Gasteiger partial charge is 0.343 e. The minimum atomic E-state index is -0.182. The summed E-state index contributed by atoms with van der Waals surface area (Å²) < 4.78 is 7.30. The molecule has 0 aliphatic carbocycles. The second-order valence-electron chi connectivity index (χ2n) is 6.04. The maximum absolute atomic E-state index is 12.1. The number of aryl methyl sites for hydroxylation is 2. The van der Waals surface area contributed by atoms with Crippen molar-refractivity contribution in [3.63, 3.8) is 0 Å². The Balaban J connectivity index is 1.42. The lowest BCUT2D eigenvalue weighted by Crippen LogP contribution is -2.18. The van der Waals surface area contributed by atoms with E-state index in [1.54, 1.807) is 15.9 Å². The summed E-state index contributed by atoms with van der Waals surface area (Å²) in [6.07, 6.45) is 0.784. The standard InChI is InChI=1S/C19H18N4O2S2/c1-13-7-8-16(25-13)17-20-15(11-26-17)12-27-19-22-21-18(24)23(19)10-9-14-5-3-2-4-6-14/h2-8,11H,9-10,12H2,1H3,(H,21,24). The molecule has 0 aliphatic heterocycles. The molecule has 6 nitrogen and oxygen atoms in total. The number of H-pyrrole nitrogens is 1. The van der Waals surface area contributed by atoms with E-state index in [0.717, 1.165) is 28.6 Å². The van der Waals surface area contributed by atoms with Gasteiger partial charge in [-0.05, 0) is 31.0 Å². The van der Waals surface area contributed by atoms with Gasteiger partial charge in [0.2, 0.25) is 0 Å². The summed E-state index contributed by atoms with van der Waals surface area (Å²) >= 11 is 3.06. The molecule has 0 fully saturated rings. The summed E-state index contributed by atoms with van der Waals surface area (Å²) in [6.45, 7) is 2.51. The molecule has 0 saturated heterocycles. The highest BCUT2D eigenvalue weighted by Crippen LogP contribution is 2.28. The van der Waals surface area contributed by atoms with Crippen LogP contribution in [-0.4, -0.2) is 19.7 Å². The average molecular weight is 399 g/mol. The molecule has 0 atom stereocenters. The van der Waals surface area contributed by atoms with Crippen molar-refractivity contribution in [2.75, 3.05) is 0 Å². The van der Waals surface area contributed by atoms with Crippen LogP contribution in [0.15, 0.2) is 62.2 Å². The molecule has 4 aromatic rings. The molecule has 0 aliphatic rings. The van der Waals surface area contributed by atoms with E-state index < -0.39 is 0 Å². The molecule has 0 saturated carbocycles. The molecule has 0 amide bonds. The molecule has 0 radical (unpaired) electrons. The van der Waals surface area contributed by atoms with Gasteiger partial charge in [0.15, 0.2) is 15.9 Å². The molecule has 1 N–H and O–H groups in total. The Bertz CT molecular complexity index is 1080. The Labute approximate surface area is 164 Å². The zero-order valence-corrected chi connectivity index (χ0v) is 16.3. The monoisotopic (exact) mass is 398 g/mol. The fourth-order valence-corrected chi connectivity index (χ4v) is 4.42. The van der Waals surface area contributed by atoms with Crippen LogP contribution in [0.25, 0.3) is 10.8 Å².